The Bertz CT molecular complexity index is 559. The van der Waals surface area contributed by atoms with Gasteiger partial charge in [0, 0.05) is 18.0 Å². The predicted molar refractivity (Wildman–Crippen MR) is 85.2 cm³/mol. The van der Waals surface area contributed by atoms with Crippen LogP contribution in [0.25, 0.3) is 0 Å². The Kier molecular flexibility index (Phi) is 6.81. The van der Waals surface area contributed by atoms with Gasteiger partial charge in [0.25, 0.3) is 0 Å². The Labute approximate surface area is 125 Å². The van der Waals surface area contributed by atoms with E-state index in [2.05, 4.69) is 16.9 Å². The molecule has 0 radical (unpaired) electrons. The van der Waals surface area contributed by atoms with E-state index in [4.69, 9.17) is 0 Å². The zero-order chi connectivity index (χ0) is 15.7. The molecule has 0 spiro atoms. The molecule has 1 amide bonds. The molecule has 1 rings (SSSR count). The second-order valence-electron chi connectivity index (χ2n) is 4.67. The lowest BCUT2D eigenvalue weighted by molar-refractivity contribution is -0.124. The molecule has 0 saturated heterocycles. The first-order chi connectivity index (χ1) is 10.0. The van der Waals surface area contributed by atoms with Gasteiger partial charge >= 0.3 is 0 Å². The molecule has 0 aliphatic heterocycles. The van der Waals surface area contributed by atoms with Gasteiger partial charge in [0.05, 0.1) is 6.04 Å². The standard InChI is InChI=1S/C17H20N2O2/c1-4-10-18-12-13(2)17(21)19-16(14(3)20)11-15-8-6-5-7-9-15/h4-10,12,16H,1,11H2,2-3H3,(H,19,21)/b13-12+,18-10?/t16-/m0/s1. The Balaban J connectivity index is 2.72. The summed E-state index contributed by atoms with van der Waals surface area (Å²) in [5, 5.41) is 2.74. The van der Waals surface area contributed by atoms with Gasteiger partial charge in [-0.25, -0.2) is 0 Å². The summed E-state index contributed by atoms with van der Waals surface area (Å²) in [6.07, 6.45) is 4.93. The van der Waals surface area contributed by atoms with Crippen molar-refractivity contribution < 1.29 is 9.59 Å². The SMILES string of the molecule is C=CC=N/C=C(\C)C(=O)N[C@@H](Cc1ccccc1)C(C)=O. The van der Waals surface area contributed by atoms with Crippen molar-refractivity contribution in [1.82, 2.24) is 5.32 Å². The Morgan fingerprint density at radius 2 is 1.95 bits per heavy atom. The van der Waals surface area contributed by atoms with Crippen LogP contribution in [0.3, 0.4) is 0 Å². The van der Waals surface area contributed by atoms with Crippen LogP contribution in [0, 0.1) is 0 Å². The maximum absolute atomic E-state index is 12.0. The number of hydrogen-bond donors (Lipinski definition) is 1. The number of amides is 1. The van der Waals surface area contributed by atoms with E-state index in [1.165, 1.54) is 25.4 Å². The molecule has 0 unspecified atom stereocenters. The van der Waals surface area contributed by atoms with Gasteiger partial charge in [0.1, 0.15) is 0 Å². The van der Waals surface area contributed by atoms with Crippen LogP contribution in [0.15, 0.2) is 59.8 Å². The van der Waals surface area contributed by atoms with Crippen LogP contribution in [0.4, 0.5) is 0 Å². The molecular weight excluding hydrogens is 264 g/mol. The number of rotatable bonds is 7. The van der Waals surface area contributed by atoms with Crippen LogP contribution in [-0.4, -0.2) is 23.9 Å². The van der Waals surface area contributed by atoms with E-state index in [0.29, 0.717) is 12.0 Å². The Morgan fingerprint density at radius 1 is 1.29 bits per heavy atom. The fourth-order valence-corrected chi connectivity index (χ4v) is 1.69. The number of nitrogens with one attached hydrogen (secondary N) is 1. The number of nitrogens with zero attached hydrogens (tertiary/aromatic N) is 1. The number of Topliss-reactive ketones (excluding diaryl/α,β-unsaturated/α-hetero) is 1. The van der Waals surface area contributed by atoms with E-state index in [1.807, 2.05) is 30.3 Å². The molecule has 4 nitrogen and oxygen atoms in total. The van der Waals surface area contributed by atoms with Gasteiger partial charge in [-0.3, -0.25) is 14.6 Å². The predicted octanol–water partition coefficient (Wildman–Crippen LogP) is 2.46. The molecule has 1 aromatic rings. The summed E-state index contributed by atoms with van der Waals surface area (Å²) in [6.45, 7) is 6.62. The number of benzene rings is 1. The molecule has 110 valence electrons. The van der Waals surface area contributed by atoms with E-state index in [9.17, 15) is 9.59 Å². The van der Waals surface area contributed by atoms with Gasteiger partial charge in [-0.15, -0.1) is 0 Å². The zero-order valence-electron chi connectivity index (χ0n) is 12.4. The maximum Gasteiger partial charge on any atom is 0.249 e. The highest BCUT2D eigenvalue weighted by atomic mass is 16.2. The molecule has 0 aromatic heterocycles. The highest BCUT2D eigenvalue weighted by Gasteiger charge is 2.18. The summed E-state index contributed by atoms with van der Waals surface area (Å²) in [6, 6.07) is 9.05. The fourth-order valence-electron chi connectivity index (χ4n) is 1.69. The molecule has 1 aromatic carbocycles. The van der Waals surface area contributed by atoms with Crippen molar-refractivity contribution in [1.29, 1.82) is 0 Å². The number of ketones is 1. The lowest BCUT2D eigenvalue weighted by Gasteiger charge is -2.16. The number of carbonyl (C=O) groups is 2. The summed E-state index contributed by atoms with van der Waals surface area (Å²) in [4.78, 5) is 27.6. The average Bonchev–Trinajstić information content (AvgIpc) is 2.47. The van der Waals surface area contributed by atoms with Crippen molar-refractivity contribution in [2.45, 2.75) is 26.3 Å². The summed E-state index contributed by atoms with van der Waals surface area (Å²) in [7, 11) is 0. The third-order valence-electron chi connectivity index (χ3n) is 2.90. The largest absolute Gasteiger partial charge is 0.342 e. The van der Waals surface area contributed by atoms with Crippen LogP contribution in [-0.2, 0) is 16.0 Å². The lowest BCUT2D eigenvalue weighted by Crippen LogP contribution is -2.41. The molecular formula is C17H20N2O2. The molecule has 0 aliphatic carbocycles. The minimum Gasteiger partial charge on any atom is -0.342 e. The van der Waals surface area contributed by atoms with Crippen molar-refractivity contribution in [2.24, 2.45) is 4.99 Å². The van der Waals surface area contributed by atoms with Crippen molar-refractivity contribution in [3.63, 3.8) is 0 Å². The smallest absolute Gasteiger partial charge is 0.249 e. The van der Waals surface area contributed by atoms with E-state index < -0.39 is 6.04 Å². The van der Waals surface area contributed by atoms with Crippen LogP contribution < -0.4 is 5.32 Å². The average molecular weight is 284 g/mol. The number of hydrogen-bond acceptors (Lipinski definition) is 3. The molecule has 21 heavy (non-hydrogen) atoms. The number of allylic oxidation sites excluding steroid dienone is 1. The lowest BCUT2D eigenvalue weighted by atomic mass is 10.0. The monoisotopic (exact) mass is 284 g/mol. The minimum absolute atomic E-state index is 0.0744. The number of aliphatic imine (C=N–C) groups is 1. The van der Waals surface area contributed by atoms with Gasteiger partial charge in [0.2, 0.25) is 5.91 Å². The molecule has 1 N–H and O–H groups in total. The fraction of sp³-hybridized carbons (Fsp3) is 0.235. The van der Waals surface area contributed by atoms with Crippen molar-refractivity contribution in [2.75, 3.05) is 0 Å². The molecule has 0 fully saturated rings. The van der Waals surface area contributed by atoms with Crippen molar-refractivity contribution >= 4 is 17.9 Å². The topological polar surface area (TPSA) is 58.5 Å². The first-order valence-electron chi connectivity index (χ1n) is 6.70. The minimum atomic E-state index is -0.536. The normalized spacial score (nSPS) is 13.0. The molecule has 0 bridgehead atoms. The summed E-state index contributed by atoms with van der Waals surface area (Å²) < 4.78 is 0. The molecule has 1 atom stereocenters. The van der Waals surface area contributed by atoms with Gasteiger partial charge in [-0.1, -0.05) is 43.0 Å². The van der Waals surface area contributed by atoms with E-state index in [-0.39, 0.29) is 11.7 Å². The highest BCUT2D eigenvalue weighted by Crippen LogP contribution is 2.05. The molecule has 4 heteroatoms. The van der Waals surface area contributed by atoms with Gasteiger partial charge < -0.3 is 5.32 Å². The van der Waals surface area contributed by atoms with Crippen molar-refractivity contribution in [3.8, 4) is 0 Å². The van der Waals surface area contributed by atoms with Gasteiger partial charge in [-0.2, -0.15) is 0 Å². The molecule has 0 heterocycles. The van der Waals surface area contributed by atoms with Crippen LogP contribution >= 0.6 is 0 Å². The van der Waals surface area contributed by atoms with Crippen molar-refractivity contribution in [3.05, 3.63) is 60.3 Å². The van der Waals surface area contributed by atoms with Gasteiger partial charge in [-0.05, 0) is 25.8 Å². The van der Waals surface area contributed by atoms with Crippen LogP contribution in [0.2, 0.25) is 0 Å². The molecule has 0 saturated carbocycles. The summed E-state index contributed by atoms with van der Waals surface area (Å²) >= 11 is 0. The summed E-state index contributed by atoms with van der Waals surface area (Å²) in [5.74, 6) is -0.373. The first-order valence-corrected chi connectivity index (χ1v) is 6.70. The second-order valence-corrected chi connectivity index (χ2v) is 4.67. The highest BCUT2D eigenvalue weighted by molar-refractivity contribution is 5.96. The van der Waals surface area contributed by atoms with Crippen LogP contribution in [0.1, 0.15) is 19.4 Å². The Hall–Kier alpha value is -2.49. The zero-order valence-corrected chi connectivity index (χ0v) is 12.4. The Morgan fingerprint density at radius 3 is 2.52 bits per heavy atom. The summed E-state index contributed by atoms with van der Waals surface area (Å²) in [5.41, 5.74) is 1.44. The van der Waals surface area contributed by atoms with E-state index in [1.54, 1.807) is 6.92 Å². The van der Waals surface area contributed by atoms with E-state index in [0.717, 1.165) is 5.56 Å². The maximum atomic E-state index is 12.0. The third-order valence-corrected chi connectivity index (χ3v) is 2.90. The van der Waals surface area contributed by atoms with Crippen LogP contribution in [0.5, 0.6) is 0 Å². The third kappa shape index (κ3) is 5.99. The molecule has 0 aliphatic rings. The second kappa shape index (κ2) is 8.64. The quantitative estimate of drug-likeness (QED) is 0.617. The van der Waals surface area contributed by atoms with E-state index >= 15 is 0 Å². The first kappa shape index (κ1) is 16.6. The van der Waals surface area contributed by atoms with Gasteiger partial charge in [0.15, 0.2) is 5.78 Å². The number of carbonyl (C=O) groups excluding carboxylic acids is 2.